The first kappa shape index (κ1) is 11.6. The number of aryl methyl sites for hydroxylation is 1. The average molecular weight is 267 g/mol. The zero-order valence-corrected chi connectivity index (χ0v) is 11.3. The Labute approximate surface area is 118 Å². The molecule has 2 aliphatic heterocycles. The zero-order chi connectivity index (χ0) is 13.4. The van der Waals surface area contributed by atoms with Gasteiger partial charge < -0.3 is 14.8 Å². The molecule has 102 valence electrons. The van der Waals surface area contributed by atoms with Crippen LogP contribution in [0.15, 0.2) is 42.5 Å². The van der Waals surface area contributed by atoms with Crippen molar-refractivity contribution in [3.63, 3.8) is 0 Å². The van der Waals surface area contributed by atoms with Crippen LogP contribution in [-0.4, -0.2) is 13.2 Å². The Kier molecular flexibility index (Phi) is 2.76. The summed E-state index contributed by atoms with van der Waals surface area (Å²) >= 11 is 0. The van der Waals surface area contributed by atoms with E-state index in [0.29, 0.717) is 19.3 Å². The molecule has 3 nitrogen and oxygen atoms in total. The molecule has 0 saturated heterocycles. The van der Waals surface area contributed by atoms with Crippen molar-refractivity contribution in [3.05, 3.63) is 53.6 Å². The van der Waals surface area contributed by atoms with Gasteiger partial charge in [-0.3, -0.25) is 0 Å². The summed E-state index contributed by atoms with van der Waals surface area (Å²) in [6.07, 6.45) is 2.22. The Hall–Kier alpha value is -2.16. The maximum atomic E-state index is 5.67. The Morgan fingerprint density at radius 2 is 1.80 bits per heavy atom. The molecule has 1 unspecified atom stereocenters. The summed E-state index contributed by atoms with van der Waals surface area (Å²) in [7, 11) is 0. The highest BCUT2D eigenvalue weighted by atomic mass is 16.6. The largest absolute Gasteiger partial charge is 0.486 e. The summed E-state index contributed by atoms with van der Waals surface area (Å²) in [5.74, 6) is 1.73. The van der Waals surface area contributed by atoms with E-state index in [2.05, 4.69) is 41.7 Å². The predicted octanol–water partition coefficient (Wildman–Crippen LogP) is 3.56. The zero-order valence-electron chi connectivity index (χ0n) is 11.3. The molecule has 0 aromatic heterocycles. The van der Waals surface area contributed by atoms with Crippen LogP contribution in [0.1, 0.15) is 23.6 Å². The molecule has 4 rings (SSSR count). The van der Waals surface area contributed by atoms with Crippen molar-refractivity contribution in [2.24, 2.45) is 0 Å². The standard InChI is InChI=1S/C17H17NO2/c1-2-4-14-12(3-1)5-7-15(18-14)13-6-8-16-17(11-13)20-10-9-19-16/h1-4,6,8,11,15,18H,5,7,9-10H2. The second-order valence-corrected chi connectivity index (χ2v) is 5.30. The van der Waals surface area contributed by atoms with Crippen LogP contribution in [0.2, 0.25) is 0 Å². The minimum atomic E-state index is 0.348. The molecule has 0 fully saturated rings. The summed E-state index contributed by atoms with van der Waals surface area (Å²) < 4.78 is 11.2. The summed E-state index contributed by atoms with van der Waals surface area (Å²) in [5, 5.41) is 3.62. The van der Waals surface area contributed by atoms with Gasteiger partial charge in [0, 0.05) is 5.69 Å². The molecule has 0 aliphatic carbocycles. The summed E-state index contributed by atoms with van der Waals surface area (Å²) in [4.78, 5) is 0. The van der Waals surface area contributed by atoms with Gasteiger partial charge in [-0.1, -0.05) is 24.3 Å². The molecule has 2 aliphatic rings. The highest BCUT2D eigenvalue weighted by molar-refractivity contribution is 5.56. The minimum Gasteiger partial charge on any atom is -0.486 e. The molecule has 0 radical (unpaired) electrons. The monoisotopic (exact) mass is 267 g/mol. The molecular formula is C17H17NO2. The number of hydrogen-bond acceptors (Lipinski definition) is 3. The number of ether oxygens (including phenoxy) is 2. The smallest absolute Gasteiger partial charge is 0.161 e. The molecule has 2 aromatic rings. The Morgan fingerprint density at radius 1 is 0.950 bits per heavy atom. The normalized spacial score (nSPS) is 19.9. The minimum absolute atomic E-state index is 0.348. The predicted molar refractivity (Wildman–Crippen MR) is 78.6 cm³/mol. The molecule has 1 N–H and O–H groups in total. The van der Waals surface area contributed by atoms with E-state index in [0.717, 1.165) is 24.3 Å². The van der Waals surface area contributed by atoms with Crippen molar-refractivity contribution in [3.8, 4) is 11.5 Å². The van der Waals surface area contributed by atoms with E-state index in [-0.39, 0.29) is 0 Å². The van der Waals surface area contributed by atoms with E-state index < -0.39 is 0 Å². The molecule has 3 heteroatoms. The van der Waals surface area contributed by atoms with Crippen LogP contribution < -0.4 is 14.8 Å². The van der Waals surface area contributed by atoms with Gasteiger partial charge in [0.05, 0.1) is 6.04 Å². The van der Waals surface area contributed by atoms with Gasteiger partial charge in [0.1, 0.15) is 13.2 Å². The second-order valence-electron chi connectivity index (χ2n) is 5.30. The van der Waals surface area contributed by atoms with E-state index in [4.69, 9.17) is 9.47 Å². The second kappa shape index (κ2) is 4.75. The van der Waals surface area contributed by atoms with Crippen molar-refractivity contribution in [2.75, 3.05) is 18.5 Å². The van der Waals surface area contributed by atoms with Crippen molar-refractivity contribution in [2.45, 2.75) is 18.9 Å². The van der Waals surface area contributed by atoms with Gasteiger partial charge >= 0.3 is 0 Å². The van der Waals surface area contributed by atoms with E-state index in [1.165, 1.54) is 16.8 Å². The van der Waals surface area contributed by atoms with E-state index >= 15 is 0 Å². The third-order valence-corrected chi connectivity index (χ3v) is 4.02. The van der Waals surface area contributed by atoms with Crippen LogP contribution in [0.5, 0.6) is 11.5 Å². The SMILES string of the molecule is c1ccc2c(c1)CCC(c1ccc3c(c1)OCCO3)N2. The van der Waals surface area contributed by atoms with Crippen LogP contribution in [0.3, 0.4) is 0 Å². The quantitative estimate of drug-likeness (QED) is 0.857. The fraction of sp³-hybridized carbons (Fsp3) is 0.294. The Bertz CT molecular complexity index is 639. The fourth-order valence-electron chi connectivity index (χ4n) is 2.97. The first-order valence-electron chi connectivity index (χ1n) is 7.14. The Balaban J connectivity index is 1.63. The van der Waals surface area contributed by atoms with Crippen molar-refractivity contribution >= 4 is 5.69 Å². The van der Waals surface area contributed by atoms with Gasteiger partial charge in [-0.05, 0) is 42.2 Å². The molecule has 2 heterocycles. The highest BCUT2D eigenvalue weighted by Crippen LogP contribution is 2.37. The van der Waals surface area contributed by atoms with Crippen LogP contribution in [0.4, 0.5) is 5.69 Å². The third-order valence-electron chi connectivity index (χ3n) is 4.02. The molecular weight excluding hydrogens is 250 g/mol. The lowest BCUT2D eigenvalue weighted by molar-refractivity contribution is 0.171. The van der Waals surface area contributed by atoms with E-state index in [1.807, 2.05) is 6.07 Å². The molecule has 0 spiro atoms. The lowest BCUT2D eigenvalue weighted by atomic mass is 9.93. The van der Waals surface area contributed by atoms with E-state index in [1.54, 1.807) is 0 Å². The molecule has 20 heavy (non-hydrogen) atoms. The lowest BCUT2D eigenvalue weighted by Gasteiger charge is -2.28. The van der Waals surface area contributed by atoms with Gasteiger partial charge in [-0.25, -0.2) is 0 Å². The van der Waals surface area contributed by atoms with Crippen LogP contribution >= 0.6 is 0 Å². The fourth-order valence-corrected chi connectivity index (χ4v) is 2.97. The number of anilines is 1. The molecule has 0 saturated carbocycles. The highest BCUT2D eigenvalue weighted by Gasteiger charge is 2.21. The average Bonchev–Trinajstić information content (AvgIpc) is 2.54. The van der Waals surface area contributed by atoms with Gasteiger partial charge in [-0.15, -0.1) is 0 Å². The number of benzene rings is 2. The van der Waals surface area contributed by atoms with Crippen molar-refractivity contribution in [1.82, 2.24) is 0 Å². The van der Waals surface area contributed by atoms with E-state index in [9.17, 15) is 0 Å². The number of fused-ring (bicyclic) bond motifs is 2. The summed E-state index contributed by atoms with van der Waals surface area (Å²) in [6.45, 7) is 1.28. The first-order chi connectivity index (χ1) is 9.90. The maximum absolute atomic E-state index is 5.67. The molecule has 0 bridgehead atoms. The van der Waals surface area contributed by atoms with Gasteiger partial charge in [0.25, 0.3) is 0 Å². The summed E-state index contributed by atoms with van der Waals surface area (Å²) in [5.41, 5.74) is 3.92. The number of nitrogens with one attached hydrogen (secondary N) is 1. The summed E-state index contributed by atoms with van der Waals surface area (Å²) in [6, 6.07) is 15.1. The third kappa shape index (κ3) is 1.99. The number of hydrogen-bond donors (Lipinski definition) is 1. The lowest BCUT2D eigenvalue weighted by Crippen LogP contribution is -2.19. The molecule has 1 atom stereocenters. The maximum Gasteiger partial charge on any atom is 0.161 e. The van der Waals surface area contributed by atoms with Crippen molar-refractivity contribution < 1.29 is 9.47 Å². The van der Waals surface area contributed by atoms with Crippen LogP contribution in [0.25, 0.3) is 0 Å². The van der Waals surface area contributed by atoms with Gasteiger partial charge in [0.2, 0.25) is 0 Å². The van der Waals surface area contributed by atoms with Gasteiger partial charge in [-0.2, -0.15) is 0 Å². The van der Waals surface area contributed by atoms with Crippen LogP contribution in [0, 0.1) is 0 Å². The first-order valence-corrected chi connectivity index (χ1v) is 7.14. The molecule has 2 aromatic carbocycles. The number of rotatable bonds is 1. The van der Waals surface area contributed by atoms with Crippen molar-refractivity contribution in [1.29, 1.82) is 0 Å². The molecule has 0 amide bonds. The topological polar surface area (TPSA) is 30.5 Å². The number of para-hydroxylation sites is 1. The van der Waals surface area contributed by atoms with Crippen LogP contribution in [-0.2, 0) is 6.42 Å². The Morgan fingerprint density at radius 3 is 2.75 bits per heavy atom. The van der Waals surface area contributed by atoms with Gasteiger partial charge in [0.15, 0.2) is 11.5 Å².